The van der Waals surface area contributed by atoms with Gasteiger partial charge in [-0.15, -0.1) is 6.58 Å². The van der Waals surface area contributed by atoms with Gasteiger partial charge in [-0.1, -0.05) is 36.4 Å². The molecular weight excluding hydrogens is 368 g/mol. The van der Waals surface area contributed by atoms with E-state index in [1.54, 1.807) is 13.1 Å². The molecule has 150 valence electrons. The molecule has 0 saturated heterocycles. The normalized spacial score (nSPS) is 16.0. The summed E-state index contributed by atoms with van der Waals surface area (Å²) < 4.78 is 4.50. The summed E-state index contributed by atoms with van der Waals surface area (Å²) in [5, 5.41) is 6.53. The highest BCUT2D eigenvalue weighted by atomic mass is 16.2. The van der Waals surface area contributed by atoms with Crippen LogP contribution in [-0.2, 0) is 20.0 Å². The predicted octanol–water partition coefficient (Wildman–Crippen LogP) is 2.08. The SMILES string of the molecule is C=CCn1c(=O)c2c(nc3n2[C@@H](C)C(C)=NN3CCc2ccccc2)n(C)c1=O. The van der Waals surface area contributed by atoms with E-state index in [-0.39, 0.29) is 18.1 Å². The molecule has 3 heterocycles. The monoisotopic (exact) mass is 392 g/mol. The number of hydrazone groups is 1. The molecule has 0 saturated carbocycles. The first-order valence-electron chi connectivity index (χ1n) is 9.63. The van der Waals surface area contributed by atoms with Crippen LogP contribution in [-0.4, -0.2) is 30.9 Å². The Balaban J connectivity index is 1.88. The molecule has 1 aliphatic heterocycles. The smallest absolute Gasteiger partial charge is 0.294 e. The molecule has 0 unspecified atom stereocenters. The molecule has 0 bridgehead atoms. The van der Waals surface area contributed by atoms with Crippen molar-refractivity contribution >= 4 is 22.8 Å². The minimum absolute atomic E-state index is 0.134. The Labute approximate surface area is 168 Å². The van der Waals surface area contributed by atoms with E-state index in [0.29, 0.717) is 23.7 Å². The van der Waals surface area contributed by atoms with Crippen LogP contribution < -0.4 is 16.3 Å². The van der Waals surface area contributed by atoms with Gasteiger partial charge < -0.3 is 0 Å². The first-order chi connectivity index (χ1) is 13.9. The van der Waals surface area contributed by atoms with Crippen molar-refractivity contribution in [2.24, 2.45) is 12.1 Å². The van der Waals surface area contributed by atoms with Gasteiger partial charge in [0.1, 0.15) is 0 Å². The zero-order valence-corrected chi connectivity index (χ0v) is 16.9. The minimum Gasteiger partial charge on any atom is -0.294 e. The average molecular weight is 392 g/mol. The highest BCUT2D eigenvalue weighted by Crippen LogP contribution is 2.29. The molecule has 1 aromatic carbocycles. The van der Waals surface area contributed by atoms with Gasteiger partial charge in [-0.25, -0.2) is 9.80 Å². The van der Waals surface area contributed by atoms with E-state index in [2.05, 4.69) is 23.7 Å². The number of nitrogens with zero attached hydrogens (tertiary/aromatic N) is 6. The number of imidazole rings is 1. The van der Waals surface area contributed by atoms with E-state index in [4.69, 9.17) is 5.10 Å². The molecular formula is C21H24N6O2. The lowest BCUT2D eigenvalue weighted by molar-refractivity contribution is 0.628. The molecule has 3 aromatic rings. The van der Waals surface area contributed by atoms with Crippen LogP contribution in [0.5, 0.6) is 0 Å². The maximum absolute atomic E-state index is 13.1. The second-order valence-corrected chi connectivity index (χ2v) is 7.28. The van der Waals surface area contributed by atoms with Crippen LogP contribution in [0.15, 0.2) is 57.7 Å². The summed E-state index contributed by atoms with van der Waals surface area (Å²) in [5.74, 6) is 0.581. The van der Waals surface area contributed by atoms with Gasteiger partial charge >= 0.3 is 5.69 Å². The fraction of sp³-hybridized carbons (Fsp3) is 0.333. The van der Waals surface area contributed by atoms with Crippen LogP contribution in [0, 0.1) is 0 Å². The first-order valence-corrected chi connectivity index (χ1v) is 9.63. The molecule has 1 atom stereocenters. The largest absolute Gasteiger partial charge is 0.332 e. The van der Waals surface area contributed by atoms with E-state index >= 15 is 0 Å². The third kappa shape index (κ3) is 3.00. The van der Waals surface area contributed by atoms with Gasteiger partial charge in [0, 0.05) is 20.1 Å². The third-order valence-corrected chi connectivity index (χ3v) is 5.43. The van der Waals surface area contributed by atoms with Crippen molar-refractivity contribution in [3.8, 4) is 0 Å². The van der Waals surface area contributed by atoms with Gasteiger partial charge in [0.05, 0.1) is 11.8 Å². The number of rotatable bonds is 5. The molecule has 4 rings (SSSR count). The zero-order valence-electron chi connectivity index (χ0n) is 16.9. The summed E-state index contributed by atoms with van der Waals surface area (Å²) >= 11 is 0. The fourth-order valence-electron chi connectivity index (χ4n) is 3.70. The Morgan fingerprint density at radius 3 is 2.62 bits per heavy atom. The zero-order chi connectivity index (χ0) is 20.7. The number of benzene rings is 1. The van der Waals surface area contributed by atoms with Crippen molar-refractivity contribution in [2.45, 2.75) is 32.9 Å². The topological polar surface area (TPSA) is 77.4 Å². The van der Waals surface area contributed by atoms with Crippen LogP contribution in [0.4, 0.5) is 5.95 Å². The van der Waals surface area contributed by atoms with Crippen LogP contribution >= 0.6 is 0 Å². The van der Waals surface area contributed by atoms with Crippen molar-refractivity contribution in [2.75, 3.05) is 11.6 Å². The van der Waals surface area contributed by atoms with Crippen molar-refractivity contribution in [3.05, 3.63) is 69.4 Å². The molecule has 2 aromatic heterocycles. The van der Waals surface area contributed by atoms with Gasteiger partial charge in [0.2, 0.25) is 5.95 Å². The van der Waals surface area contributed by atoms with E-state index in [1.165, 1.54) is 14.7 Å². The maximum Gasteiger partial charge on any atom is 0.332 e. The minimum atomic E-state index is -0.404. The van der Waals surface area contributed by atoms with Crippen LogP contribution in [0.25, 0.3) is 11.2 Å². The maximum atomic E-state index is 13.1. The molecule has 8 heteroatoms. The van der Waals surface area contributed by atoms with Gasteiger partial charge in [0.15, 0.2) is 11.2 Å². The number of hydrogen-bond donors (Lipinski definition) is 0. The summed E-state index contributed by atoms with van der Waals surface area (Å²) in [7, 11) is 1.63. The lowest BCUT2D eigenvalue weighted by atomic mass is 10.1. The Morgan fingerprint density at radius 1 is 1.21 bits per heavy atom. The Kier molecular flexibility index (Phi) is 4.70. The summed E-state index contributed by atoms with van der Waals surface area (Å²) in [6.45, 7) is 8.36. The Hall–Kier alpha value is -3.42. The van der Waals surface area contributed by atoms with Gasteiger partial charge in [-0.2, -0.15) is 10.1 Å². The first kappa shape index (κ1) is 18.9. The second kappa shape index (κ2) is 7.20. The highest BCUT2D eigenvalue weighted by molar-refractivity contribution is 5.91. The number of hydrogen-bond acceptors (Lipinski definition) is 5. The predicted molar refractivity (Wildman–Crippen MR) is 115 cm³/mol. The van der Waals surface area contributed by atoms with Crippen molar-refractivity contribution in [1.82, 2.24) is 18.7 Å². The lowest BCUT2D eigenvalue weighted by Gasteiger charge is -2.29. The van der Waals surface area contributed by atoms with E-state index < -0.39 is 5.69 Å². The summed E-state index contributed by atoms with van der Waals surface area (Å²) in [6, 6.07) is 10.0. The highest BCUT2D eigenvalue weighted by Gasteiger charge is 2.30. The van der Waals surface area contributed by atoms with Gasteiger partial charge in [0.25, 0.3) is 5.56 Å². The molecule has 0 N–H and O–H groups in total. The standard InChI is InChI=1S/C21H24N6O2/c1-5-12-25-19(28)17-18(24(4)21(25)29)22-20-26(23-14(2)15(3)27(17)20)13-11-16-9-7-6-8-10-16/h5-10,15H,1,11-13H2,2-4H3/t15-/m0/s1. The Morgan fingerprint density at radius 2 is 1.93 bits per heavy atom. The molecule has 0 spiro atoms. The fourth-order valence-corrected chi connectivity index (χ4v) is 3.70. The summed E-state index contributed by atoms with van der Waals surface area (Å²) in [5.41, 5.74) is 2.10. The average Bonchev–Trinajstić information content (AvgIpc) is 3.13. The van der Waals surface area contributed by atoms with Gasteiger partial charge in [-0.05, 0) is 25.8 Å². The summed E-state index contributed by atoms with van der Waals surface area (Å²) in [6.07, 6.45) is 2.33. The number of allylic oxidation sites excluding steroid dienone is 1. The van der Waals surface area contributed by atoms with E-state index in [0.717, 1.165) is 12.1 Å². The van der Waals surface area contributed by atoms with Crippen LogP contribution in [0.2, 0.25) is 0 Å². The number of aryl methyl sites for hydroxylation is 1. The molecule has 8 nitrogen and oxygen atoms in total. The van der Waals surface area contributed by atoms with Crippen molar-refractivity contribution in [3.63, 3.8) is 0 Å². The summed E-state index contributed by atoms with van der Waals surface area (Å²) in [4.78, 5) is 30.4. The molecule has 0 fully saturated rings. The van der Waals surface area contributed by atoms with Crippen molar-refractivity contribution < 1.29 is 0 Å². The number of fused-ring (bicyclic) bond motifs is 3. The van der Waals surface area contributed by atoms with Crippen LogP contribution in [0.3, 0.4) is 0 Å². The second-order valence-electron chi connectivity index (χ2n) is 7.28. The molecule has 0 aliphatic carbocycles. The lowest BCUT2D eigenvalue weighted by Crippen LogP contribution is -2.40. The molecule has 29 heavy (non-hydrogen) atoms. The van der Waals surface area contributed by atoms with Crippen molar-refractivity contribution in [1.29, 1.82) is 0 Å². The Bertz CT molecular complexity index is 1230. The van der Waals surface area contributed by atoms with E-state index in [9.17, 15) is 9.59 Å². The van der Waals surface area contributed by atoms with E-state index in [1.807, 2.05) is 41.6 Å². The quantitative estimate of drug-likeness (QED) is 0.623. The molecule has 0 amide bonds. The van der Waals surface area contributed by atoms with Crippen LogP contribution in [0.1, 0.15) is 25.5 Å². The molecule has 1 aliphatic rings. The molecule has 0 radical (unpaired) electrons. The number of anilines is 1. The van der Waals surface area contributed by atoms with Gasteiger partial charge in [-0.3, -0.25) is 18.5 Å². The third-order valence-electron chi connectivity index (χ3n) is 5.43. The number of aromatic nitrogens is 4.